The first-order valence-electron chi connectivity index (χ1n) is 5.46. The van der Waals surface area contributed by atoms with Crippen molar-refractivity contribution >= 4 is 19.7 Å². The number of benzene rings is 1. The van der Waals surface area contributed by atoms with Crippen molar-refractivity contribution in [3.63, 3.8) is 0 Å². The number of methoxy groups -OCH3 is 1. The molecule has 0 radical (unpaired) electrons. The molecular weight excluding hydrogens is 260 g/mol. The minimum Gasteiger partial charge on any atom is -0.384 e. The molecule has 17 heavy (non-hydrogen) atoms. The summed E-state index contributed by atoms with van der Waals surface area (Å²) < 4.78 is 27.1. The van der Waals surface area contributed by atoms with Crippen LogP contribution in [0.3, 0.4) is 0 Å². The number of ether oxygens (including phenoxy) is 1. The van der Waals surface area contributed by atoms with Gasteiger partial charge in [0.15, 0.2) is 0 Å². The summed E-state index contributed by atoms with van der Waals surface area (Å²) in [4.78, 5) is 0. The molecule has 0 aromatic heterocycles. The Bertz CT molecular complexity index is 489. The molecule has 2 rings (SSSR count). The second kappa shape index (κ2) is 4.59. The first-order chi connectivity index (χ1) is 7.95. The van der Waals surface area contributed by atoms with Crippen LogP contribution in [0.4, 0.5) is 0 Å². The van der Waals surface area contributed by atoms with Crippen LogP contribution in [0.25, 0.3) is 0 Å². The van der Waals surface area contributed by atoms with Crippen molar-refractivity contribution in [2.45, 2.75) is 24.0 Å². The Balaban J connectivity index is 2.14. The summed E-state index contributed by atoms with van der Waals surface area (Å²) in [6.07, 6.45) is 2.27. The number of rotatable bonds is 5. The third kappa shape index (κ3) is 3.21. The lowest BCUT2D eigenvalue weighted by Gasteiger charge is -2.14. The molecule has 1 aliphatic rings. The van der Waals surface area contributed by atoms with Gasteiger partial charge in [-0.3, -0.25) is 0 Å². The van der Waals surface area contributed by atoms with Gasteiger partial charge in [0.25, 0.3) is 0 Å². The van der Waals surface area contributed by atoms with Crippen LogP contribution in [0, 0.1) is 0 Å². The van der Waals surface area contributed by atoms with Gasteiger partial charge in [0, 0.05) is 23.2 Å². The highest BCUT2D eigenvalue weighted by Gasteiger charge is 2.44. The molecular formula is C12H15ClO3S. The second-order valence-corrected chi connectivity index (χ2v) is 7.37. The fourth-order valence-corrected chi connectivity index (χ4v) is 3.07. The highest BCUT2D eigenvalue weighted by atomic mass is 35.7. The molecule has 1 fully saturated rings. The van der Waals surface area contributed by atoms with Crippen molar-refractivity contribution in [2.75, 3.05) is 13.7 Å². The zero-order valence-electron chi connectivity index (χ0n) is 9.65. The van der Waals surface area contributed by atoms with Crippen molar-refractivity contribution in [3.8, 4) is 0 Å². The van der Waals surface area contributed by atoms with E-state index in [2.05, 4.69) is 0 Å². The van der Waals surface area contributed by atoms with E-state index in [9.17, 15) is 8.42 Å². The molecule has 1 saturated carbocycles. The van der Waals surface area contributed by atoms with E-state index >= 15 is 0 Å². The molecule has 0 bridgehead atoms. The summed E-state index contributed by atoms with van der Waals surface area (Å²) in [5, 5.41) is 0. The summed E-state index contributed by atoms with van der Waals surface area (Å²) >= 11 is 0. The van der Waals surface area contributed by atoms with Crippen molar-refractivity contribution < 1.29 is 13.2 Å². The molecule has 0 N–H and O–H groups in total. The van der Waals surface area contributed by atoms with Gasteiger partial charge in [-0.1, -0.05) is 24.3 Å². The van der Waals surface area contributed by atoms with Crippen LogP contribution in [0.5, 0.6) is 0 Å². The normalized spacial score (nSPS) is 18.0. The van der Waals surface area contributed by atoms with Crippen LogP contribution in [-0.4, -0.2) is 22.1 Å². The third-order valence-electron chi connectivity index (χ3n) is 3.18. The molecule has 0 atom stereocenters. The zero-order valence-corrected chi connectivity index (χ0v) is 11.2. The molecule has 0 aliphatic heterocycles. The third-order valence-corrected chi connectivity index (χ3v) is 4.19. The lowest BCUT2D eigenvalue weighted by Crippen LogP contribution is -2.13. The Hall–Kier alpha value is -0.580. The predicted molar refractivity (Wildman–Crippen MR) is 67.7 cm³/mol. The van der Waals surface area contributed by atoms with Crippen molar-refractivity contribution in [3.05, 3.63) is 35.4 Å². The van der Waals surface area contributed by atoms with Crippen LogP contribution < -0.4 is 0 Å². The summed E-state index contributed by atoms with van der Waals surface area (Å²) in [5.74, 6) is -0.119. The molecule has 0 unspecified atom stereocenters. The molecule has 1 aliphatic carbocycles. The van der Waals surface area contributed by atoms with E-state index in [4.69, 9.17) is 15.4 Å². The minimum absolute atomic E-state index is 0.119. The lowest BCUT2D eigenvalue weighted by molar-refractivity contribution is 0.171. The molecule has 1 aromatic carbocycles. The highest BCUT2D eigenvalue weighted by molar-refractivity contribution is 8.13. The molecule has 0 amide bonds. The maximum atomic E-state index is 10.9. The van der Waals surface area contributed by atoms with Crippen molar-refractivity contribution in [1.82, 2.24) is 0 Å². The Morgan fingerprint density at radius 3 is 2.29 bits per heavy atom. The number of halogens is 1. The van der Waals surface area contributed by atoms with Crippen LogP contribution in [0.2, 0.25) is 0 Å². The van der Waals surface area contributed by atoms with E-state index in [-0.39, 0.29) is 11.2 Å². The highest BCUT2D eigenvalue weighted by Crippen LogP contribution is 2.48. The summed E-state index contributed by atoms with van der Waals surface area (Å²) in [6.45, 7) is 0.722. The smallest absolute Gasteiger partial charge is 0.236 e. The van der Waals surface area contributed by atoms with Crippen LogP contribution >= 0.6 is 10.7 Å². The topological polar surface area (TPSA) is 43.4 Å². The Morgan fingerprint density at radius 1 is 1.29 bits per heavy atom. The van der Waals surface area contributed by atoms with E-state index < -0.39 is 9.05 Å². The van der Waals surface area contributed by atoms with E-state index in [0.29, 0.717) is 0 Å². The average molecular weight is 275 g/mol. The summed E-state index contributed by atoms with van der Waals surface area (Å²) in [5.41, 5.74) is 2.10. The minimum atomic E-state index is -3.47. The molecule has 1 aromatic rings. The Labute approximate surface area is 106 Å². The standard InChI is InChI=1S/C12H15ClO3S/c1-16-9-12(6-7-12)11-4-2-10(3-5-11)8-17(13,14)15/h2-5H,6-9H2,1H3. The lowest BCUT2D eigenvalue weighted by atomic mass is 9.96. The maximum absolute atomic E-state index is 10.9. The van der Waals surface area contributed by atoms with Crippen LogP contribution in [0.1, 0.15) is 24.0 Å². The summed E-state index contributed by atoms with van der Waals surface area (Å²) in [7, 11) is 3.44. The van der Waals surface area contributed by atoms with Gasteiger partial charge < -0.3 is 4.74 Å². The molecule has 5 heteroatoms. The van der Waals surface area contributed by atoms with Gasteiger partial charge >= 0.3 is 0 Å². The van der Waals surface area contributed by atoms with Crippen molar-refractivity contribution in [2.24, 2.45) is 0 Å². The first kappa shape index (κ1) is 12.9. The Kier molecular flexibility index (Phi) is 3.48. The number of hydrogen-bond acceptors (Lipinski definition) is 3. The SMILES string of the molecule is COCC1(c2ccc(CS(=O)(=O)Cl)cc2)CC1. The fourth-order valence-electron chi connectivity index (χ4n) is 2.10. The van der Waals surface area contributed by atoms with Gasteiger partial charge in [0.2, 0.25) is 9.05 Å². The van der Waals surface area contributed by atoms with Crippen LogP contribution in [0.15, 0.2) is 24.3 Å². The van der Waals surface area contributed by atoms with Crippen molar-refractivity contribution in [1.29, 1.82) is 0 Å². The largest absolute Gasteiger partial charge is 0.384 e. The molecule has 3 nitrogen and oxygen atoms in total. The van der Waals surface area contributed by atoms with Gasteiger partial charge in [-0.05, 0) is 24.0 Å². The van der Waals surface area contributed by atoms with Gasteiger partial charge in [-0.15, -0.1) is 0 Å². The van der Waals surface area contributed by atoms with E-state index in [1.807, 2.05) is 24.3 Å². The molecule has 94 valence electrons. The van der Waals surface area contributed by atoms with Gasteiger partial charge in [-0.25, -0.2) is 8.42 Å². The van der Waals surface area contributed by atoms with E-state index in [1.165, 1.54) is 5.56 Å². The fraction of sp³-hybridized carbons (Fsp3) is 0.500. The zero-order chi connectivity index (χ0) is 12.5. The molecule has 0 heterocycles. The predicted octanol–water partition coefficient (Wildman–Crippen LogP) is 2.43. The monoisotopic (exact) mass is 274 g/mol. The van der Waals surface area contributed by atoms with Gasteiger partial charge in [0.1, 0.15) is 0 Å². The van der Waals surface area contributed by atoms with Gasteiger partial charge in [0.05, 0.1) is 12.4 Å². The summed E-state index contributed by atoms with van der Waals surface area (Å²) in [6, 6.07) is 7.60. The first-order valence-corrected chi connectivity index (χ1v) is 7.94. The second-order valence-electron chi connectivity index (χ2n) is 4.59. The van der Waals surface area contributed by atoms with E-state index in [0.717, 1.165) is 25.0 Å². The maximum Gasteiger partial charge on any atom is 0.236 e. The van der Waals surface area contributed by atoms with Gasteiger partial charge in [-0.2, -0.15) is 0 Å². The average Bonchev–Trinajstić information content (AvgIpc) is 2.98. The molecule has 0 spiro atoms. The quantitative estimate of drug-likeness (QED) is 0.775. The number of hydrogen-bond donors (Lipinski definition) is 0. The Morgan fingerprint density at radius 2 is 1.88 bits per heavy atom. The van der Waals surface area contributed by atoms with E-state index in [1.54, 1.807) is 7.11 Å². The van der Waals surface area contributed by atoms with Crippen LogP contribution in [-0.2, 0) is 25.0 Å². The molecule has 0 saturated heterocycles.